The topological polar surface area (TPSA) is 97.4 Å². The minimum atomic E-state index is -0.661. The SMILES string of the molecule is NC(=O)Nc1cccc(NC(=O)/C=C/c2ccco2)c1. The van der Waals surface area contributed by atoms with Gasteiger partial charge in [-0.1, -0.05) is 6.07 Å². The quantitative estimate of drug-likeness (QED) is 0.745. The highest BCUT2D eigenvalue weighted by Gasteiger charge is 2.01. The number of hydrogen-bond donors (Lipinski definition) is 3. The molecular formula is C14H13N3O3. The number of anilines is 2. The van der Waals surface area contributed by atoms with E-state index >= 15 is 0 Å². The van der Waals surface area contributed by atoms with Crippen LogP contribution in [-0.2, 0) is 4.79 Å². The van der Waals surface area contributed by atoms with Crippen molar-refractivity contribution in [3.8, 4) is 0 Å². The molecule has 2 aromatic rings. The second kappa shape index (κ2) is 6.24. The first-order valence-corrected chi connectivity index (χ1v) is 5.82. The van der Waals surface area contributed by atoms with Crippen molar-refractivity contribution in [1.82, 2.24) is 0 Å². The van der Waals surface area contributed by atoms with Crippen molar-refractivity contribution in [3.63, 3.8) is 0 Å². The molecule has 0 radical (unpaired) electrons. The molecule has 0 unspecified atom stereocenters. The van der Waals surface area contributed by atoms with E-state index in [0.29, 0.717) is 17.1 Å². The second-order valence-corrected chi connectivity index (χ2v) is 3.91. The molecule has 1 aromatic heterocycles. The minimum absolute atomic E-state index is 0.308. The third-order valence-corrected chi connectivity index (χ3v) is 2.34. The molecule has 4 N–H and O–H groups in total. The van der Waals surface area contributed by atoms with Crippen LogP contribution in [0.3, 0.4) is 0 Å². The van der Waals surface area contributed by atoms with E-state index < -0.39 is 6.03 Å². The first-order valence-electron chi connectivity index (χ1n) is 5.82. The summed E-state index contributed by atoms with van der Waals surface area (Å²) in [7, 11) is 0. The molecule has 1 heterocycles. The Morgan fingerprint density at radius 1 is 1.10 bits per heavy atom. The average molecular weight is 271 g/mol. The monoisotopic (exact) mass is 271 g/mol. The Bertz CT molecular complexity index is 633. The first-order chi connectivity index (χ1) is 9.63. The third-order valence-electron chi connectivity index (χ3n) is 2.34. The summed E-state index contributed by atoms with van der Waals surface area (Å²) < 4.78 is 5.07. The van der Waals surface area contributed by atoms with Crippen LogP contribution in [0.15, 0.2) is 53.2 Å². The van der Waals surface area contributed by atoms with E-state index in [1.54, 1.807) is 42.5 Å². The van der Waals surface area contributed by atoms with Crippen LogP contribution in [0.5, 0.6) is 0 Å². The molecule has 6 nitrogen and oxygen atoms in total. The fraction of sp³-hybridized carbons (Fsp3) is 0. The lowest BCUT2D eigenvalue weighted by molar-refractivity contribution is -0.111. The number of benzene rings is 1. The Hall–Kier alpha value is -3.02. The fourth-order valence-corrected chi connectivity index (χ4v) is 1.54. The standard InChI is InChI=1S/C14H13N3O3/c15-14(19)17-11-4-1-3-10(9-11)16-13(18)7-6-12-5-2-8-20-12/h1-9H,(H,16,18)(H3,15,17,19)/b7-6+. The predicted octanol–water partition coefficient (Wildman–Crippen LogP) is 2.42. The van der Waals surface area contributed by atoms with E-state index in [1.807, 2.05) is 0 Å². The Labute approximate surface area is 115 Å². The maximum absolute atomic E-state index is 11.7. The minimum Gasteiger partial charge on any atom is -0.465 e. The van der Waals surface area contributed by atoms with Gasteiger partial charge < -0.3 is 20.8 Å². The molecule has 0 aliphatic heterocycles. The molecule has 0 saturated carbocycles. The Morgan fingerprint density at radius 3 is 2.50 bits per heavy atom. The molecule has 20 heavy (non-hydrogen) atoms. The number of furan rings is 1. The lowest BCUT2D eigenvalue weighted by Crippen LogP contribution is -2.19. The summed E-state index contributed by atoms with van der Waals surface area (Å²) >= 11 is 0. The molecule has 0 spiro atoms. The van der Waals surface area contributed by atoms with Gasteiger partial charge in [0, 0.05) is 17.5 Å². The maximum Gasteiger partial charge on any atom is 0.316 e. The second-order valence-electron chi connectivity index (χ2n) is 3.91. The van der Waals surface area contributed by atoms with Gasteiger partial charge in [0.25, 0.3) is 0 Å². The number of rotatable bonds is 4. The molecule has 0 aliphatic rings. The number of amides is 3. The van der Waals surface area contributed by atoms with Crippen molar-refractivity contribution in [2.24, 2.45) is 5.73 Å². The van der Waals surface area contributed by atoms with Gasteiger partial charge in [0.05, 0.1) is 6.26 Å². The summed E-state index contributed by atoms with van der Waals surface area (Å²) in [4.78, 5) is 22.4. The normalized spacial score (nSPS) is 10.4. The van der Waals surface area contributed by atoms with E-state index in [4.69, 9.17) is 10.2 Å². The molecule has 0 fully saturated rings. The smallest absolute Gasteiger partial charge is 0.316 e. The van der Waals surface area contributed by atoms with E-state index in [9.17, 15) is 9.59 Å². The van der Waals surface area contributed by atoms with Crippen LogP contribution in [0.2, 0.25) is 0 Å². The lowest BCUT2D eigenvalue weighted by Gasteiger charge is -2.05. The van der Waals surface area contributed by atoms with Crippen LogP contribution >= 0.6 is 0 Å². The van der Waals surface area contributed by atoms with E-state index in [1.165, 1.54) is 12.3 Å². The zero-order valence-electron chi connectivity index (χ0n) is 10.5. The first kappa shape index (κ1) is 13.4. The van der Waals surface area contributed by atoms with Crippen LogP contribution in [0, 0.1) is 0 Å². The summed E-state index contributed by atoms with van der Waals surface area (Å²) in [6.45, 7) is 0. The summed E-state index contributed by atoms with van der Waals surface area (Å²) in [5, 5.41) is 5.09. The van der Waals surface area contributed by atoms with Crippen LogP contribution in [0.1, 0.15) is 5.76 Å². The van der Waals surface area contributed by atoms with Crippen molar-refractivity contribution >= 4 is 29.4 Å². The molecule has 0 aliphatic carbocycles. The number of nitrogens with one attached hydrogen (secondary N) is 2. The molecule has 0 saturated heterocycles. The summed E-state index contributed by atoms with van der Waals surface area (Å²) in [6.07, 6.45) is 4.43. The Kier molecular flexibility index (Phi) is 4.18. The molecule has 6 heteroatoms. The highest BCUT2D eigenvalue weighted by Crippen LogP contribution is 2.15. The van der Waals surface area contributed by atoms with Crippen molar-refractivity contribution in [1.29, 1.82) is 0 Å². The van der Waals surface area contributed by atoms with E-state index in [2.05, 4.69) is 10.6 Å². The van der Waals surface area contributed by atoms with E-state index in [0.717, 1.165) is 0 Å². The van der Waals surface area contributed by atoms with Crippen molar-refractivity contribution in [2.75, 3.05) is 10.6 Å². The van der Waals surface area contributed by atoms with Gasteiger partial charge in [-0.2, -0.15) is 0 Å². The molecule has 2 rings (SSSR count). The molecule has 0 atom stereocenters. The number of primary amides is 1. The molecular weight excluding hydrogens is 258 g/mol. The highest BCUT2D eigenvalue weighted by molar-refractivity contribution is 6.02. The number of urea groups is 1. The van der Waals surface area contributed by atoms with Gasteiger partial charge in [0.15, 0.2) is 0 Å². The zero-order valence-corrected chi connectivity index (χ0v) is 10.5. The fourth-order valence-electron chi connectivity index (χ4n) is 1.54. The number of nitrogens with two attached hydrogens (primary N) is 1. The number of carbonyl (C=O) groups is 2. The number of carbonyl (C=O) groups excluding carboxylic acids is 2. The number of hydrogen-bond acceptors (Lipinski definition) is 3. The summed E-state index contributed by atoms with van der Waals surface area (Å²) in [5.41, 5.74) is 6.07. The molecule has 102 valence electrons. The van der Waals surface area contributed by atoms with Gasteiger partial charge in [-0.15, -0.1) is 0 Å². The zero-order chi connectivity index (χ0) is 14.4. The van der Waals surface area contributed by atoms with Crippen molar-refractivity contribution < 1.29 is 14.0 Å². The highest BCUT2D eigenvalue weighted by atomic mass is 16.3. The van der Waals surface area contributed by atoms with Gasteiger partial charge in [-0.25, -0.2) is 4.79 Å². The van der Waals surface area contributed by atoms with Crippen LogP contribution in [0.25, 0.3) is 6.08 Å². The van der Waals surface area contributed by atoms with Crippen molar-refractivity contribution in [2.45, 2.75) is 0 Å². The van der Waals surface area contributed by atoms with Gasteiger partial charge in [-0.3, -0.25) is 4.79 Å². The van der Waals surface area contributed by atoms with Crippen molar-refractivity contribution in [3.05, 3.63) is 54.5 Å². The van der Waals surface area contributed by atoms with Crippen LogP contribution in [-0.4, -0.2) is 11.9 Å². The molecule has 1 aromatic carbocycles. The van der Waals surface area contributed by atoms with Gasteiger partial charge in [-0.05, 0) is 36.4 Å². The van der Waals surface area contributed by atoms with E-state index in [-0.39, 0.29) is 5.91 Å². The van der Waals surface area contributed by atoms with Crippen LogP contribution in [0.4, 0.5) is 16.2 Å². The third kappa shape index (κ3) is 4.02. The Balaban J connectivity index is 1.99. The Morgan fingerprint density at radius 2 is 1.85 bits per heavy atom. The van der Waals surface area contributed by atoms with Gasteiger partial charge >= 0.3 is 6.03 Å². The largest absolute Gasteiger partial charge is 0.465 e. The van der Waals surface area contributed by atoms with Gasteiger partial charge in [0.2, 0.25) is 5.91 Å². The summed E-state index contributed by atoms with van der Waals surface area (Å²) in [6, 6.07) is 9.47. The predicted molar refractivity (Wildman–Crippen MR) is 76.0 cm³/mol. The average Bonchev–Trinajstić information content (AvgIpc) is 2.89. The lowest BCUT2D eigenvalue weighted by atomic mass is 10.2. The maximum atomic E-state index is 11.7. The van der Waals surface area contributed by atoms with Gasteiger partial charge in [0.1, 0.15) is 5.76 Å². The summed E-state index contributed by atoms with van der Waals surface area (Å²) in [5.74, 6) is 0.280. The van der Waals surface area contributed by atoms with Crippen LogP contribution < -0.4 is 16.4 Å². The molecule has 3 amide bonds. The molecule has 0 bridgehead atoms.